The minimum absolute atomic E-state index is 0.304. The molecule has 0 bridgehead atoms. The molecule has 3 nitrogen and oxygen atoms in total. The summed E-state index contributed by atoms with van der Waals surface area (Å²) in [5, 5.41) is 0. The third-order valence-corrected chi connectivity index (χ3v) is 6.39. The van der Waals surface area contributed by atoms with Gasteiger partial charge in [-0.1, -0.05) is 6.08 Å². The summed E-state index contributed by atoms with van der Waals surface area (Å²) in [6, 6.07) is 1.66. The quantitative estimate of drug-likeness (QED) is 0.773. The molecule has 6 heteroatoms. The van der Waals surface area contributed by atoms with Gasteiger partial charge in [-0.05, 0) is 49.7 Å². The summed E-state index contributed by atoms with van der Waals surface area (Å²) < 4.78 is 27.6. The van der Waals surface area contributed by atoms with Gasteiger partial charge in [0.2, 0.25) is 10.0 Å². The van der Waals surface area contributed by atoms with Gasteiger partial charge in [0.15, 0.2) is 0 Å². The largest absolute Gasteiger partial charge is 0.244 e. The van der Waals surface area contributed by atoms with E-state index in [-0.39, 0.29) is 0 Å². The molecule has 0 saturated heterocycles. The minimum Gasteiger partial charge on any atom is -0.207 e. The summed E-state index contributed by atoms with van der Waals surface area (Å²) in [7, 11) is -3.49. The number of rotatable bonds is 4. The molecule has 0 saturated carbocycles. The van der Waals surface area contributed by atoms with Gasteiger partial charge in [0.25, 0.3) is 0 Å². The molecule has 102 valence electrons. The molecule has 0 spiro atoms. The molecule has 0 aromatic carbocycles. The lowest BCUT2D eigenvalue weighted by Gasteiger charge is -2.33. The van der Waals surface area contributed by atoms with Crippen LogP contribution in [0.5, 0.6) is 0 Å². The van der Waals surface area contributed by atoms with Gasteiger partial charge in [0.1, 0.15) is 0 Å². The minimum atomic E-state index is -3.49. The summed E-state index contributed by atoms with van der Waals surface area (Å²) in [4.78, 5) is 1.16. The van der Waals surface area contributed by atoms with Crippen molar-refractivity contribution in [3.05, 3.63) is 27.4 Å². The highest BCUT2D eigenvalue weighted by molar-refractivity contribution is 9.11. The van der Waals surface area contributed by atoms with Crippen LogP contribution in [-0.2, 0) is 10.0 Å². The molecule has 0 aliphatic heterocycles. The van der Waals surface area contributed by atoms with Gasteiger partial charge in [0.05, 0.1) is 8.68 Å². The van der Waals surface area contributed by atoms with E-state index in [9.17, 15) is 8.42 Å². The molecule has 1 rings (SSSR count). The average molecular weight is 352 g/mol. The van der Waals surface area contributed by atoms with Crippen LogP contribution in [0.1, 0.15) is 25.6 Å². The maximum Gasteiger partial charge on any atom is 0.244 e. The van der Waals surface area contributed by atoms with E-state index in [0.717, 1.165) is 8.66 Å². The maximum absolute atomic E-state index is 12.7. The van der Waals surface area contributed by atoms with E-state index in [1.807, 2.05) is 27.7 Å². The van der Waals surface area contributed by atoms with Gasteiger partial charge in [-0.3, -0.25) is 0 Å². The van der Waals surface area contributed by atoms with Crippen molar-refractivity contribution < 1.29 is 8.42 Å². The highest BCUT2D eigenvalue weighted by Crippen LogP contribution is 2.33. The molecule has 0 amide bonds. The van der Waals surface area contributed by atoms with E-state index in [1.54, 1.807) is 12.1 Å². The summed E-state index contributed by atoms with van der Waals surface area (Å²) in [6.45, 7) is 11.4. The van der Waals surface area contributed by atoms with Gasteiger partial charge in [-0.25, -0.2) is 8.42 Å². The Bertz CT molecular complexity index is 541. The van der Waals surface area contributed by atoms with Crippen molar-refractivity contribution in [3.8, 4) is 0 Å². The Balaban J connectivity index is 3.34. The lowest BCUT2D eigenvalue weighted by Crippen LogP contribution is -2.45. The van der Waals surface area contributed by atoms with E-state index < -0.39 is 15.6 Å². The van der Waals surface area contributed by atoms with Crippen molar-refractivity contribution in [1.82, 2.24) is 4.31 Å². The molecular formula is C12H18BrNO2S2. The van der Waals surface area contributed by atoms with E-state index in [1.165, 1.54) is 15.6 Å². The molecule has 18 heavy (non-hydrogen) atoms. The molecule has 1 aromatic rings. The van der Waals surface area contributed by atoms with Crippen molar-refractivity contribution in [2.45, 2.75) is 38.1 Å². The standard InChI is InChI=1S/C12H18BrNO2S2/c1-6-7-14(12(3,4)5)18(15,16)10-8-11(13)17-9(10)2/h6,8H,1,7H2,2-5H3. The molecule has 0 atom stereocenters. The van der Waals surface area contributed by atoms with Crippen LogP contribution in [0.25, 0.3) is 0 Å². The first-order chi connectivity index (χ1) is 8.10. The second kappa shape index (κ2) is 5.45. The van der Waals surface area contributed by atoms with Gasteiger partial charge < -0.3 is 0 Å². The number of halogens is 1. The predicted octanol–water partition coefficient (Wildman–Crippen LogP) is 3.79. The van der Waals surface area contributed by atoms with Crippen LogP contribution in [0.2, 0.25) is 0 Å². The monoisotopic (exact) mass is 351 g/mol. The molecule has 0 fully saturated rings. The number of hydrogen-bond donors (Lipinski definition) is 0. The zero-order chi connectivity index (χ0) is 14.1. The Kier molecular flexibility index (Phi) is 4.81. The van der Waals surface area contributed by atoms with E-state index in [2.05, 4.69) is 22.5 Å². The third kappa shape index (κ3) is 3.23. The number of nitrogens with zero attached hydrogens (tertiary/aromatic N) is 1. The second-order valence-corrected chi connectivity index (χ2v) is 9.43. The lowest BCUT2D eigenvalue weighted by atomic mass is 10.1. The van der Waals surface area contributed by atoms with Crippen molar-refractivity contribution in [3.63, 3.8) is 0 Å². The van der Waals surface area contributed by atoms with E-state index >= 15 is 0 Å². The zero-order valence-corrected chi connectivity index (χ0v) is 14.2. The highest BCUT2D eigenvalue weighted by atomic mass is 79.9. The topological polar surface area (TPSA) is 37.4 Å². The number of sulfonamides is 1. The molecule has 0 radical (unpaired) electrons. The Morgan fingerprint density at radius 3 is 2.39 bits per heavy atom. The molecule has 1 aromatic heterocycles. The first-order valence-electron chi connectivity index (χ1n) is 5.50. The van der Waals surface area contributed by atoms with E-state index in [4.69, 9.17) is 0 Å². The van der Waals surface area contributed by atoms with Gasteiger partial charge >= 0.3 is 0 Å². The van der Waals surface area contributed by atoms with Crippen LogP contribution < -0.4 is 0 Å². The Labute approximate surface area is 122 Å². The highest BCUT2D eigenvalue weighted by Gasteiger charge is 2.34. The molecular weight excluding hydrogens is 334 g/mol. The van der Waals surface area contributed by atoms with Crippen LogP contribution in [0.4, 0.5) is 0 Å². The second-order valence-electron chi connectivity index (χ2n) is 4.97. The van der Waals surface area contributed by atoms with Crippen molar-refractivity contribution in [2.24, 2.45) is 0 Å². The average Bonchev–Trinajstić information content (AvgIpc) is 2.53. The third-order valence-electron chi connectivity index (χ3n) is 2.45. The van der Waals surface area contributed by atoms with Crippen molar-refractivity contribution in [1.29, 1.82) is 0 Å². The van der Waals surface area contributed by atoms with Gasteiger partial charge in [0, 0.05) is 17.0 Å². The zero-order valence-electron chi connectivity index (χ0n) is 11.0. The summed E-state index contributed by atoms with van der Waals surface area (Å²) >= 11 is 4.76. The van der Waals surface area contributed by atoms with Crippen LogP contribution in [-0.4, -0.2) is 24.8 Å². The predicted molar refractivity (Wildman–Crippen MR) is 80.6 cm³/mol. The SMILES string of the molecule is C=CCN(C(C)(C)C)S(=O)(=O)c1cc(Br)sc1C. The van der Waals surface area contributed by atoms with Crippen LogP contribution in [0.3, 0.4) is 0 Å². The fraction of sp³-hybridized carbons (Fsp3) is 0.500. The Hall–Kier alpha value is -0.170. The molecule has 0 aliphatic carbocycles. The Morgan fingerprint density at radius 2 is 2.06 bits per heavy atom. The normalized spacial score (nSPS) is 13.0. The van der Waals surface area contributed by atoms with Gasteiger partial charge in [-0.15, -0.1) is 17.9 Å². The summed E-state index contributed by atoms with van der Waals surface area (Å²) in [5.74, 6) is 0. The summed E-state index contributed by atoms with van der Waals surface area (Å²) in [5.41, 5.74) is -0.478. The first-order valence-corrected chi connectivity index (χ1v) is 8.55. The van der Waals surface area contributed by atoms with Crippen LogP contribution in [0, 0.1) is 6.92 Å². The molecule has 0 N–H and O–H groups in total. The smallest absolute Gasteiger partial charge is 0.207 e. The fourth-order valence-electron chi connectivity index (χ4n) is 1.66. The number of thiophene rings is 1. The maximum atomic E-state index is 12.7. The Morgan fingerprint density at radius 1 is 1.50 bits per heavy atom. The van der Waals surface area contributed by atoms with Crippen molar-refractivity contribution >= 4 is 37.3 Å². The van der Waals surface area contributed by atoms with Crippen LogP contribution >= 0.6 is 27.3 Å². The van der Waals surface area contributed by atoms with E-state index in [0.29, 0.717) is 11.4 Å². The first kappa shape index (κ1) is 15.9. The van der Waals surface area contributed by atoms with Crippen LogP contribution in [0.15, 0.2) is 27.4 Å². The molecule has 0 aliphatic rings. The fourth-order valence-corrected chi connectivity index (χ4v) is 5.80. The molecule has 0 unspecified atom stereocenters. The number of aryl methyl sites for hydroxylation is 1. The summed E-state index contributed by atoms with van der Waals surface area (Å²) in [6.07, 6.45) is 1.61. The van der Waals surface area contributed by atoms with Gasteiger partial charge in [-0.2, -0.15) is 4.31 Å². The van der Waals surface area contributed by atoms with Crippen molar-refractivity contribution in [2.75, 3.05) is 6.54 Å². The molecule has 1 heterocycles. The number of hydrogen-bond acceptors (Lipinski definition) is 3. The lowest BCUT2D eigenvalue weighted by molar-refractivity contribution is 0.270.